The second kappa shape index (κ2) is 4.82. The monoisotopic (exact) mass is 245 g/mol. The molecule has 1 rings (SSSR count). The average molecular weight is 245 g/mol. The molecule has 1 atom stereocenters. The average Bonchev–Trinajstić information content (AvgIpc) is 2.14. The van der Waals surface area contributed by atoms with Gasteiger partial charge in [-0.3, -0.25) is 4.90 Å². The predicted molar refractivity (Wildman–Crippen MR) is 63.8 cm³/mol. The fraction of sp³-hybridized carbons (Fsp3) is 0.917. The van der Waals surface area contributed by atoms with Crippen LogP contribution in [0.15, 0.2) is 0 Å². The van der Waals surface area contributed by atoms with Crippen LogP contribution < -0.4 is 0 Å². The third-order valence-corrected chi connectivity index (χ3v) is 2.61. The number of rotatable bonds is 1. The molecule has 1 aliphatic heterocycles. The quantitative estimate of drug-likeness (QED) is 0.758. The van der Waals surface area contributed by atoms with E-state index in [0.717, 1.165) is 0 Å². The van der Waals surface area contributed by atoms with Gasteiger partial charge in [-0.25, -0.2) is 4.79 Å². The zero-order valence-electron chi connectivity index (χ0n) is 11.3. The van der Waals surface area contributed by atoms with Gasteiger partial charge in [0, 0.05) is 0 Å². The molecule has 1 heterocycles. The van der Waals surface area contributed by atoms with E-state index in [4.69, 9.17) is 14.6 Å². The van der Waals surface area contributed by atoms with Crippen LogP contribution >= 0.6 is 0 Å². The molecule has 0 radical (unpaired) electrons. The van der Waals surface area contributed by atoms with Gasteiger partial charge in [-0.05, 0) is 34.6 Å². The number of carbonyl (C=O) groups is 1. The van der Waals surface area contributed by atoms with E-state index in [0.29, 0.717) is 13.2 Å². The summed E-state index contributed by atoms with van der Waals surface area (Å²) in [4.78, 5) is 13.7. The highest BCUT2D eigenvalue weighted by atomic mass is 16.6. The van der Waals surface area contributed by atoms with Crippen LogP contribution in [0.25, 0.3) is 0 Å². The van der Waals surface area contributed by atoms with Crippen LogP contribution in [-0.4, -0.2) is 53.1 Å². The van der Waals surface area contributed by atoms with E-state index in [1.165, 1.54) is 0 Å². The molecule has 0 unspecified atom stereocenters. The first-order valence-corrected chi connectivity index (χ1v) is 5.89. The van der Waals surface area contributed by atoms with Gasteiger partial charge in [-0.15, -0.1) is 0 Å². The van der Waals surface area contributed by atoms with Crippen molar-refractivity contribution in [3.05, 3.63) is 0 Å². The normalized spacial score (nSPS) is 24.6. The molecule has 0 aromatic carbocycles. The van der Waals surface area contributed by atoms with E-state index in [1.807, 2.05) is 34.6 Å². The zero-order chi connectivity index (χ0) is 13.3. The number of hydrogen-bond donors (Lipinski definition) is 1. The first kappa shape index (κ1) is 14.3. The molecule has 0 bridgehead atoms. The summed E-state index contributed by atoms with van der Waals surface area (Å²) in [5.74, 6) is 0. The van der Waals surface area contributed by atoms with Gasteiger partial charge >= 0.3 is 6.09 Å². The van der Waals surface area contributed by atoms with Crippen LogP contribution in [0, 0.1) is 0 Å². The van der Waals surface area contributed by atoms with Crippen molar-refractivity contribution in [2.45, 2.75) is 51.9 Å². The van der Waals surface area contributed by atoms with Gasteiger partial charge in [-0.1, -0.05) is 0 Å². The van der Waals surface area contributed by atoms with Gasteiger partial charge in [0.2, 0.25) is 0 Å². The maximum absolute atomic E-state index is 12.1. The van der Waals surface area contributed by atoms with Crippen molar-refractivity contribution in [1.29, 1.82) is 0 Å². The van der Waals surface area contributed by atoms with Crippen LogP contribution in [0.2, 0.25) is 0 Å². The Morgan fingerprint density at radius 3 is 2.59 bits per heavy atom. The number of nitrogens with zero attached hydrogens (tertiary/aromatic N) is 1. The maximum atomic E-state index is 12.1. The van der Waals surface area contributed by atoms with Crippen molar-refractivity contribution < 1.29 is 19.4 Å². The standard InChI is InChI=1S/C12H23NO4/c1-11(2,3)17-10(15)13-6-9(7-14)16-8-12(13,4)5/h9,14H,6-8H2,1-5H3/t9-/m0/s1. The molecule has 0 spiro atoms. The topological polar surface area (TPSA) is 59.0 Å². The van der Waals surface area contributed by atoms with E-state index < -0.39 is 11.1 Å². The van der Waals surface area contributed by atoms with Gasteiger partial charge < -0.3 is 14.6 Å². The van der Waals surface area contributed by atoms with Crippen molar-refractivity contribution in [2.24, 2.45) is 0 Å². The summed E-state index contributed by atoms with van der Waals surface area (Å²) >= 11 is 0. The lowest BCUT2D eigenvalue weighted by Gasteiger charge is -2.44. The SMILES string of the molecule is CC(C)(C)OC(=O)N1C[C@@H](CO)OCC1(C)C. The van der Waals surface area contributed by atoms with E-state index >= 15 is 0 Å². The second-order valence-electron chi connectivity index (χ2n) is 6.02. The molecule has 5 nitrogen and oxygen atoms in total. The second-order valence-corrected chi connectivity index (χ2v) is 6.02. The molecule has 1 fully saturated rings. The summed E-state index contributed by atoms with van der Waals surface area (Å²) in [5, 5.41) is 9.09. The number of carbonyl (C=O) groups excluding carboxylic acids is 1. The molecular weight excluding hydrogens is 222 g/mol. The van der Waals surface area contributed by atoms with Crippen LogP contribution in [0.1, 0.15) is 34.6 Å². The number of aliphatic hydroxyl groups excluding tert-OH is 1. The minimum Gasteiger partial charge on any atom is -0.444 e. The number of ether oxygens (including phenoxy) is 2. The highest BCUT2D eigenvalue weighted by molar-refractivity contribution is 5.69. The molecule has 1 N–H and O–H groups in total. The molecule has 0 aromatic rings. The number of hydrogen-bond acceptors (Lipinski definition) is 4. The van der Waals surface area contributed by atoms with Gasteiger partial charge in [0.1, 0.15) is 5.60 Å². The van der Waals surface area contributed by atoms with Gasteiger partial charge in [0.15, 0.2) is 0 Å². The number of amides is 1. The number of morpholine rings is 1. The third kappa shape index (κ3) is 3.85. The maximum Gasteiger partial charge on any atom is 0.410 e. The molecular formula is C12H23NO4. The Kier molecular flexibility index (Phi) is 4.04. The molecule has 0 saturated carbocycles. The predicted octanol–water partition coefficient (Wildman–Crippen LogP) is 1.39. The molecule has 1 aliphatic rings. The van der Waals surface area contributed by atoms with Gasteiger partial charge in [0.05, 0.1) is 31.4 Å². The lowest BCUT2D eigenvalue weighted by atomic mass is 10.0. The van der Waals surface area contributed by atoms with Gasteiger partial charge in [-0.2, -0.15) is 0 Å². The highest BCUT2D eigenvalue weighted by Gasteiger charge is 2.39. The summed E-state index contributed by atoms with van der Waals surface area (Å²) in [7, 11) is 0. The first-order valence-electron chi connectivity index (χ1n) is 5.89. The van der Waals surface area contributed by atoms with Crippen LogP contribution in [-0.2, 0) is 9.47 Å². The Morgan fingerprint density at radius 2 is 2.12 bits per heavy atom. The largest absolute Gasteiger partial charge is 0.444 e. The minimum absolute atomic E-state index is 0.0879. The molecule has 0 aromatic heterocycles. The van der Waals surface area contributed by atoms with Crippen molar-refractivity contribution in [3.63, 3.8) is 0 Å². The minimum atomic E-state index is -0.514. The van der Waals surface area contributed by atoms with Gasteiger partial charge in [0.25, 0.3) is 0 Å². The van der Waals surface area contributed by atoms with Crippen LogP contribution in [0.5, 0.6) is 0 Å². The summed E-state index contributed by atoms with van der Waals surface area (Å²) < 4.78 is 10.8. The lowest BCUT2D eigenvalue weighted by Crippen LogP contribution is -2.59. The first-order chi connectivity index (χ1) is 7.65. The lowest BCUT2D eigenvalue weighted by molar-refractivity contribution is -0.111. The molecule has 5 heteroatoms. The fourth-order valence-electron chi connectivity index (χ4n) is 1.65. The Morgan fingerprint density at radius 1 is 1.53 bits per heavy atom. The van der Waals surface area contributed by atoms with Crippen molar-refractivity contribution >= 4 is 6.09 Å². The number of aliphatic hydroxyl groups is 1. The van der Waals surface area contributed by atoms with Crippen molar-refractivity contribution in [2.75, 3.05) is 19.8 Å². The van der Waals surface area contributed by atoms with E-state index in [-0.39, 0.29) is 18.8 Å². The smallest absolute Gasteiger partial charge is 0.410 e. The molecule has 1 amide bonds. The van der Waals surface area contributed by atoms with E-state index in [9.17, 15) is 4.79 Å². The third-order valence-electron chi connectivity index (χ3n) is 2.61. The summed E-state index contributed by atoms with van der Waals surface area (Å²) in [6.07, 6.45) is -0.681. The summed E-state index contributed by atoms with van der Waals surface area (Å²) in [6.45, 7) is 10.0. The Bertz CT molecular complexity index is 283. The van der Waals surface area contributed by atoms with Crippen LogP contribution in [0.4, 0.5) is 4.79 Å². The summed E-state index contributed by atoms with van der Waals surface area (Å²) in [5.41, 5.74) is -0.922. The molecule has 1 saturated heterocycles. The summed E-state index contributed by atoms with van der Waals surface area (Å²) in [6, 6.07) is 0. The fourth-order valence-corrected chi connectivity index (χ4v) is 1.65. The van der Waals surface area contributed by atoms with Crippen molar-refractivity contribution in [1.82, 2.24) is 4.90 Å². The van der Waals surface area contributed by atoms with Crippen LogP contribution in [0.3, 0.4) is 0 Å². The van der Waals surface area contributed by atoms with E-state index in [2.05, 4.69) is 0 Å². The Balaban J connectivity index is 2.74. The molecule has 100 valence electrons. The zero-order valence-corrected chi connectivity index (χ0v) is 11.3. The molecule has 0 aliphatic carbocycles. The molecule has 17 heavy (non-hydrogen) atoms. The Hall–Kier alpha value is -0.810. The van der Waals surface area contributed by atoms with Crippen molar-refractivity contribution in [3.8, 4) is 0 Å². The van der Waals surface area contributed by atoms with E-state index in [1.54, 1.807) is 4.90 Å². The highest BCUT2D eigenvalue weighted by Crippen LogP contribution is 2.24. The Labute approximate surface area is 103 Å².